The third-order valence-corrected chi connectivity index (χ3v) is 3.52. The summed E-state index contributed by atoms with van der Waals surface area (Å²) in [6.07, 6.45) is 3.08. The van der Waals surface area contributed by atoms with Gasteiger partial charge < -0.3 is 11.1 Å². The van der Waals surface area contributed by atoms with Gasteiger partial charge in [-0.15, -0.1) is 0 Å². The van der Waals surface area contributed by atoms with E-state index in [9.17, 15) is 4.79 Å². The van der Waals surface area contributed by atoms with Crippen molar-refractivity contribution in [3.8, 4) is 0 Å². The Morgan fingerprint density at radius 3 is 2.70 bits per heavy atom. The molecule has 0 aromatic heterocycles. The Bertz CT molecular complexity index is 455. The van der Waals surface area contributed by atoms with Crippen molar-refractivity contribution in [1.29, 1.82) is 0 Å². The Hall–Kier alpha value is -1.55. The molecule has 0 bridgehead atoms. The van der Waals surface area contributed by atoms with Crippen molar-refractivity contribution >= 4 is 17.3 Å². The summed E-state index contributed by atoms with van der Waals surface area (Å²) in [7, 11) is 0. The van der Waals surface area contributed by atoms with Crippen molar-refractivity contribution in [3.05, 3.63) is 24.3 Å². The molecule has 4 nitrogen and oxygen atoms in total. The van der Waals surface area contributed by atoms with Gasteiger partial charge in [0.1, 0.15) is 0 Å². The number of carbonyl (C=O) groups excluding carboxylic acids is 1. The van der Waals surface area contributed by atoms with E-state index in [2.05, 4.69) is 24.1 Å². The van der Waals surface area contributed by atoms with Crippen molar-refractivity contribution < 1.29 is 4.79 Å². The second-order valence-electron chi connectivity index (χ2n) is 6.01. The minimum atomic E-state index is 0.0392. The molecule has 0 atom stereocenters. The summed E-state index contributed by atoms with van der Waals surface area (Å²) in [6.45, 7) is 6.35. The van der Waals surface area contributed by atoms with Crippen LogP contribution in [-0.4, -0.2) is 29.9 Å². The number of benzene rings is 1. The zero-order valence-corrected chi connectivity index (χ0v) is 12.4. The predicted octanol–water partition coefficient (Wildman–Crippen LogP) is 2.72. The molecular formula is C16H25N3O. The molecule has 0 unspecified atom stereocenters. The van der Waals surface area contributed by atoms with Gasteiger partial charge in [-0.05, 0) is 30.9 Å². The van der Waals surface area contributed by atoms with Crippen molar-refractivity contribution in [1.82, 2.24) is 4.90 Å². The molecule has 0 heterocycles. The van der Waals surface area contributed by atoms with E-state index in [0.29, 0.717) is 29.8 Å². The lowest BCUT2D eigenvalue weighted by Gasteiger charge is -2.23. The first-order valence-corrected chi connectivity index (χ1v) is 7.44. The highest BCUT2D eigenvalue weighted by molar-refractivity contribution is 5.93. The van der Waals surface area contributed by atoms with E-state index in [-0.39, 0.29) is 5.91 Å². The number of nitrogen functional groups attached to an aromatic ring is 1. The van der Waals surface area contributed by atoms with Crippen LogP contribution in [0.2, 0.25) is 0 Å². The molecule has 20 heavy (non-hydrogen) atoms. The van der Waals surface area contributed by atoms with Gasteiger partial charge >= 0.3 is 0 Å². The molecule has 0 spiro atoms. The molecular weight excluding hydrogens is 250 g/mol. The van der Waals surface area contributed by atoms with Crippen LogP contribution in [0.3, 0.4) is 0 Å². The number of hydrogen-bond donors (Lipinski definition) is 2. The molecule has 1 aromatic carbocycles. The largest absolute Gasteiger partial charge is 0.397 e. The summed E-state index contributed by atoms with van der Waals surface area (Å²) in [5, 5.41) is 2.89. The summed E-state index contributed by atoms with van der Waals surface area (Å²) in [5.41, 5.74) is 7.14. The van der Waals surface area contributed by atoms with Crippen LogP contribution in [0.15, 0.2) is 24.3 Å². The number of rotatable bonds is 7. The Labute approximate surface area is 121 Å². The molecule has 1 aliphatic rings. The van der Waals surface area contributed by atoms with Crippen LogP contribution in [0.4, 0.5) is 11.4 Å². The number of hydrogen-bond acceptors (Lipinski definition) is 3. The molecule has 0 radical (unpaired) electrons. The average Bonchev–Trinajstić information content (AvgIpc) is 3.21. The molecule has 0 aliphatic heterocycles. The average molecular weight is 275 g/mol. The van der Waals surface area contributed by atoms with Crippen LogP contribution >= 0.6 is 0 Å². The lowest BCUT2D eigenvalue weighted by atomic mass is 10.2. The first-order valence-electron chi connectivity index (χ1n) is 7.44. The smallest absolute Gasteiger partial charge is 0.225 e. The highest BCUT2D eigenvalue weighted by Crippen LogP contribution is 2.27. The van der Waals surface area contributed by atoms with Crippen LogP contribution < -0.4 is 11.1 Å². The fourth-order valence-corrected chi connectivity index (χ4v) is 2.40. The standard InChI is InChI=1S/C16H25N3O/c1-12(2)11-19(13-7-8-13)10-9-16(20)18-15-6-4-3-5-14(15)17/h3-6,12-13H,7-11,17H2,1-2H3,(H,18,20). The summed E-state index contributed by atoms with van der Waals surface area (Å²) < 4.78 is 0. The molecule has 1 fully saturated rings. The lowest BCUT2D eigenvalue weighted by Crippen LogP contribution is -2.33. The molecule has 110 valence electrons. The minimum Gasteiger partial charge on any atom is -0.397 e. The number of anilines is 2. The predicted molar refractivity (Wildman–Crippen MR) is 83.5 cm³/mol. The van der Waals surface area contributed by atoms with Crippen molar-refractivity contribution in [2.24, 2.45) is 5.92 Å². The minimum absolute atomic E-state index is 0.0392. The van der Waals surface area contributed by atoms with E-state index in [0.717, 1.165) is 13.1 Å². The molecule has 3 N–H and O–H groups in total. The van der Waals surface area contributed by atoms with Crippen LogP contribution in [0, 0.1) is 5.92 Å². The quantitative estimate of drug-likeness (QED) is 0.752. The lowest BCUT2D eigenvalue weighted by molar-refractivity contribution is -0.116. The molecule has 0 saturated heterocycles. The van der Waals surface area contributed by atoms with E-state index in [1.54, 1.807) is 6.07 Å². The van der Waals surface area contributed by atoms with Gasteiger partial charge in [0, 0.05) is 25.6 Å². The highest BCUT2D eigenvalue weighted by atomic mass is 16.1. The molecule has 1 saturated carbocycles. The first-order chi connectivity index (χ1) is 9.56. The van der Waals surface area contributed by atoms with Crippen LogP contribution in [0.25, 0.3) is 0 Å². The maximum atomic E-state index is 12.0. The highest BCUT2D eigenvalue weighted by Gasteiger charge is 2.29. The maximum absolute atomic E-state index is 12.0. The third kappa shape index (κ3) is 4.53. The Morgan fingerprint density at radius 1 is 1.40 bits per heavy atom. The molecule has 2 rings (SSSR count). The zero-order chi connectivity index (χ0) is 14.5. The summed E-state index contributed by atoms with van der Waals surface area (Å²) in [4.78, 5) is 14.4. The van der Waals surface area contributed by atoms with Crippen molar-refractivity contribution in [2.45, 2.75) is 39.2 Å². The maximum Gasteiger partial charge on any atom is 0.225 e. The van der Waals surface area contributed by atoms with E-state index in [1.165, 1.54) is 12.8 Å². The van der Waals surface area contributed by atoms with Gasteiger partial charge in [0.2, 0.25) is 5.91 Å². The normalized spacial score (nSPS) is 14.8. The number of nitrogens with zero attached hydrogens (tertiary/aromatic N) is 1. The van der Waals surface area contributed by atoms with Crippen molar-refractivity contribution in [3.63, 3.8) is 0 Å². The second kappa shape index (κ2) is 6.75. The fourth-order valence-electron chi connectivity index (χ4n) is 2.40. The first kappa shape index (κ1) is 14.9. The number of amides is 1. The van der Waals surface area contributed by atoms with Gasteiger partial charge in [-0.25, -0.2) is 0 Å². The summed E-state index contributed by atoms with van der Waals surface area (Å²) in [6, 6.07) is 8.07. The van der Waals surface area contributed by atoms with Gasteiger partial charge in [-0.2, -0.15) is 0 Å². The summed E-state index contributed by atoms with van der Waals surface area (Å²) in [5.74, 6) is 0.681. The summed E-state index contributed by atoms with van der Waals surface area (Å²) >= 11 is 0. The van der Waals surface area contributed by atoms with Crippen LogP contribution in [0.1, 0.15) is 33.1 Å². The topological polar surface area (TPSA) is 58.4 Å². The number of para-hydroxylation sites is 2. The Kier molecular flexibility index (Phi) is 5.01. The van der Waals surface area contributed by atoms with E-state index < -0.39 is 0 Å². The van der Waals surface area contributed by atoms with E-state index >= 15 is 0 Å². The molecule has 1 aromatic rings. The van der Waals surface area contributed by atoms with Crippen molar-refractivity contribution in [2.75, 3.05) is 24.1 Å². The Morgan fingerprint density at radius 2 is 2.10 bits per heavy atom. The van der Waals surface area contributed by atoms with Gasteiger partial charge in [-0.1, -0.05) is 26.0 Å². The van der Waals surface area contributed by atoms with Gasteiger partial charge in [0.25, 0.3) is 0 Å². The molecule has 4 heteroatoms. The second-order valence-corrected chi connectivity index (χ2v) is 6.01. The van der Waals surface area contributed by atoms with E-state index in [4.69, 9.17) is 5.73 Å². The molecule has 1 amide bonds. The molecule has 1 aliphatic carbocycles. The zero-order valence-electron chi connectivity index (χ0n) is 12.4. The SMILES string of the molecule is CC(C)CN(CCC(=O)Nc1ccccc1N)C1CC1. The van der Waals surface area contributed by atoms with Gasteiger partial charge in [0.15, 0.2) is 0 Å². The number of nitrogens with two attached hydrogens (primary N) is 1. The van der Waals surface area contributed by atoms with Gasteiger partial charge in [0.05, 0.1) is 11.4 Å². The van der Waals surface area contributed by atoms with Crippen LogP contribution in [0.5, 0.6) is 0 Å². The number of carbonyl (C=O) groups is 1. The monoisotopic (exact) mass is 275 g/mol. The Balaban J connectivity index is 1.80. The third-order valence-electron chi connectivity index (χ3n) is 3.52. The van der Waals surface area contributed by atoms with Crippen LogP contribution in [-0.2, 0) is 4.79 Å². The fraction of sp³-hybridized carbons (Fsp3) is 0.562. The number of nitrogens with one attached hydrogen (secondary N) is 1. The van der Waals surface area contributed by atoms with Gasteiger partial charge in [-0.3, -0.25) is 9.69 Å². The van der Waals surface area contributed by atoms with E-state index in [1.807, 2.05) is 18.2 Å².